The lowest BCUT2D eigenvalue weighted by atomic mass is 10.1. The van der Waals surface area contributed by atoms with Gasteiger partial charge in [-0.05, 0) is 38.1 Å². The summed E-state index contributed by atoms with van der Waals surface area (Å²) in [7, 11) is 3.32. The summed E-state index contributed by atoms with van der Waals surface area (Å²) in [4.78, 5) is 0. The Balaban J connectivity index is 2.77. The molecule has 0 aromatic heterocycles. The summed E-state index contributed by atoms with van der Waals surface area (Å²) in [6.45, 7) is 8.29. The number of ether oxygens (including phenoxy) is 3. The fraction of sp³-hybridized carbons (Fsp3) is 0.625. The van der Waals surface area contributed by atoms with Gasteiger partial charge in [0.2, 0.25) is 0 Å². The number of hydrogen-bond acceptors (Lipinski definition) is 4. The predicted molar refractivity (Wildman–Crippen MR) is 86.6 cm³/mol. The SMILES string of the molecule is CCNCc1cc(Cl)c(OCCC(C)(C)OC)c(OC)c1. The minimum absolute atomic E-state index is 0.218. The number of hydrogen-bond donors (Lipinski definition) is 1. The summed E-state index contributed by atoms with van der Waals surface area (Å²) in [6, 6.07) is 3.86. The number of benzene rings is 1. The smallest absolute Gasteiger partial charge is 0.179 e. The van der Waals surface area contributed by atoms with Crippen molar-refractivity contribution in [1.29, 1.82) is 0 Å². The zero-order valence-corrected chi connectivity index (χ0v) is 14.3. The second-order valence-corrected chi connectivity index (χ2v) is 5.86. The molecule has 0 aliphatic carbocycles. The Bertz CT molecular complexity index is 449. The van der Waals surface area contributed by atoms with Gasteiger partial charge in [0.05, 0.1) is 24.3 Å². The lowest BCUT2D eigenvalue weighted by Gasteiger charge is -2.23. The Morgan fingerprint density at radius 2 is 1.95 bits per heavy atom. The van der Waals surface area contributed by atoms with Gasteiger partial charge < -0.3 is 19.5 Å². The second-order valence-electron chi connectivity index (χ2n) is 5.45. The molecule has 1 rings (SSSR count). The van der Waals surface area contributed by atoms with Crippen molar-refractivity contribution in [3.05, 3.63) is 22.7 Å². The summed E-state index contributed by atoms with van der Waals surface area (Å²) in [5.41, 5.74) is 0.855. The first kappa shape index (κ1) is 18.1. The van der Waals surface area contributed by atoms with Gasteiger partial charge in [0, 0.05) is 20.1 Å². The lowest BCUT2D eigenvalue weighted by Crippen LogP contribution is -2.25. The molecule has 0 aliphatic rings. The molecule has 0 amide bonds. The minimum atomic E-state index is -0.218. The largest absolute Gasteiger partial charge is 0.493 e. The third-order valence-electron chi connectivity index (χ3n) is 3.37. The fourth-order valence-corrected chi connectivity index (χ4v) is 2.07. The lowest BCUT2D eigenvalue weighted by molar-refractivity contribution is 0.00525. The average molecular weight is 316 g/mol. The third-order valence-corrected chi connectivity index (χ3v) is 3.65. The van der Waals surface area contributed by atoms with Crippen LogP contribution in [0.15, 0.2) is 12.1 Å². The van der Waals surface area contributed by atoms with Gasteiger partial charge >= 0.3 is 0 Å². The van der Waals surface area contributed by atoms with Crippen LogP contribution in [-0.2, 0) is 11.3 Å². The normalized spacial score (nSPS) is 11.5. The molecule has 0 radical (unpaired) electrons. The zero-order chi connectivity index (χ0) is 15.9. The van der Waals surface area contributed by atoms with Gasteiger partial charge in [0.1, 0.15) is 0 Å². The van der Waals surface area contributed by atoms with Crippen molar-refractivity contribution in [2.45, 2.75) is 39.3 Å². The summed E-state index contributed by atoms with van der Waals surface area (Å²) in [5, 5.41) is 3.83. The van der Waals surface area contributed by atoms with E-state index in [-0.39, 0.29) is 5.60 Å². The maximum Gasteiger partial charge on any atom is 0.179 e. The predicted octanol–water partition coefficient (Wildman–Crippen LogP) is 3.65. The number of halogens is 1. The van der Waals surface area contributed by atoms with Crippen molar-refractivity contribution < 1.29 is 14.2 Å². The molecule has 5 heteroatoms. The molecule has 120 valence electrons. The van der Waals surface area contributed by atoms with Crippen LogP contribution in [0.25, 0.3) is 0 Å². The molecular formula is C16H26ClNO3. The highest BCUT2D eigenvalue weighted by atomic mass is 35.5. The molecule has 0 bridgehead atoms. The molecule has 4 nitrogen and oxygen atoms in total. The van der Waals surface area contributed by atoms with Gasteiger partial charge in [0.15, 0.2) is 11.5 Å². The number of nitrogens with one attached hydrogen (secondary N) is 1. The van der Waals surface area contributed by atoms with Crippen LogP contribution in [0, 0.1) is 0 Å². The van der Waals surface area contributed by atoms with E-state index in [1.807, 2.05) is 26.0 Å². The van der Waals surface area contributed by atoms with Crippen molar-refractivity contribution in [2.24, 2.45) is 0 Å². The summed E-state index contributed by atoms with van der Waals surface area (Å²) in [5.74, 6) is 1.25. The molecule has 0 aliphatic heterocycles. The topological polar surface area (TPSA) is 39.7 Å². The van der Waals surface area contributed by atoms with E-state index in [0.717, 1.165) is 25.1 Å². The second kappa shape index (κ2) is 8.47. The van der Waals surface area contributed by atoms with E-state index in [2.05, 4.69) is 12.2 Å². The summed E-state index contributed by atoms with van der Waals surface area (Å²) >= 11 is 6.31. The first-order valence-electron chi connectivity index (χ1n) is 7.18. The maximum absolute atomic E-state index is 6.31. The van der Waals surface area contributed by atoms with Crippen LogP contribution in [0.4, 0.5) is 0 Å². The van der Waals surface area contributed by atoms with Crippen LogP contribution in [0.2, 0.25) is 5.02 Å². The first-order valence-corrected chi connectivity index (χ1v) is 7.56. The zero-order valence-electron chi connectivity index (χ0n) is 13.6. The van der Waals surface area contributed by atoms with Crippen LogP contribution in [0.3, 0.4) is 0 Å². The molecule has 21 heavy (non-hydrogen) atoms. The van der Waals surface area contributed by atoms with E-state index < -0.39 is 0 Å². The first-order chi connectivity index (χ1) is 9.93. The highest BCUT2D eigenvalue weighted by molar-refractivity contribution is 6.32. The Morgan fingerprint density at radius 3 is 2.52 bits per heavy atom. The summed E-state index contributed by atoms with van der Waals surface area (Å²) < 4.78 is 16.6. The molecule has 0 unspecified atom stereocenters. The van der Waals surface area contributed by atoms with Crippen molar-refractivity contribution >= 4 is 11.6 Å². The van der Waals surface area contributed by atoms with Gasteiger partial charge in [-0.15, -0.1) is 0 Å². The molecule has 1 aromatic carbocycles. The summed E-state index contributed by atoms with van der Waals surface area (Å²) in [6.07, 6.45) is 0.766. The number of methoxy groups -OCH3 is 2. The van der Waals surface area contributed by atoms with Gasteiger partial charge in [-0.25, -0.2) is 0 Å². The minimum Gasteiger partial charge on any atom is -0.493 e. The standard InChI is InChI=1S/C16H26ClNO3/c1-6-18-11-12-9-13(17)15(14(10-12)19-4)21-8-7-16(2,3)20-5/h9-10,18H,6-8,11H2,1-5H3. The molecule has 0 heterocycles. The van der Waals surface area contributed by atoms with Crippen LogP contribution in [0.1, 0.15) is 32.8 Å². The van der Waals surface area contributed by atoms with Crippen LogP contribution >= 0.6 is 11.6 Å². The van der Waals surface area contributed by atoms with E-state index in [1.54, 1.807) is 14.2 Å². The van der Waals surface area contributed by atoms with E-state index in [9.17, 15) is 0 Å². The Hall–Kier alpha value is -0.970. The molecule has 0 fully saturated rings. The number of rotatable bonds is 9. The molecule has 0 saturated heterocycles. The van der Waals surface area contributed by atoms with Gasteiger partial charge in [-0.3, -0.25) is 0 Å². The van der Waals surface area contributed by atoms with E-state index in [4.69, 9.17) is 25.8 Å². The van der Waals surface area contributed by atoms with Crippen LogP contribution < -0.4 is 14.8 Å². The van der Waals surface area contributed by atoms with E-state index >= 15 is 0 Å². The van der Waals surface area contributed by atoms with Gasteiger partial charge in [0.25, 0.3) is 0 Å². The molecule has 1 N–H and O–H groups in total. The maximum atomic E-state index is 6.31. The van der Waals surface area contributed by atoms with Crippen LogP contribution in [-0.4, -0.2) is 33.0 Å². The highest BCUT2D eigenvalue weighted by Crippen LogP contribution is 2.36. The molecular weight excluding hydrogens is 290 g/mol. The van der Waals surface area contributed by atoms with Gasteiger partial charge in [-0.1, -0.05) is 18.5 Å². The van der Waals surface area contributed by atoms with E-state index in [1.165, 1.54) is 0 Å². The van der Waals surface area contributed by atoms with Crippen molar-refractivity contribution in [1.82, 2.24) is 5.32 Å². The van der Waals surface area contributed by atoms with E-state index in [0.29, 0.717) is 23.1 Å². The quantitative estimate of drug-likeness (QED) is 0.755. The Morgan fingerprint density at radius 1 is 1.24 bits per heavy atom. The average Bonchev–Trinajstić information content (AvgIpc) is 2.46. The Kier molecular flexibility index (Phi) is 7.29. The third kappa shape index (κ3) is 5.73. The molecule has 0 spiro atoms. The molecule has 1 aromatic rings. The van der Waals surface area contributed by atoms with Gasteiger partial charge in [-0.2, -0.15) is 0 Å². The molecule has 0 saturated carbocycles. The Labute approximate surface area is 132 Å². The van der Waals surface area contributed by atoms with Crippen LogP contribution in [0.5, 0.6) is 11.5 Å². The van der Waals surface area contributed by atoms with Crippen molar-refractivity contribution in [3.63, 3.8) is 0 Å². The van der Waals surface area contributed by atoms with Crippen molar-refractivity contribution in [2.75, 3.05) is 27.4 Å². The monoisotopic (exact) mass is 315 g/mol. The fourth-order valence-electron chi connectivity index (χ4n) is 1.79. The molecule has 0 atom stereocenters. The highest BCUT2D eigenvalue weighted by Gasteiger charge is 2.18. The van der Waals surface area contributed by atoms with Crippen molar-refractivity contribution in [3.8, 4) is 11.5 Å².